The first-order valence-corrected chi connectivity index (χ1v) is 20.5. The molecule has 284 valence electrons. The van der Waals surface area contributed by atoms with E-state index in [1.807, 2.05) is 48.5 Å². The third-order valence-corrected chi connectivity index (χ3v) is 13.8. The summed E-state index contributed by atoms with van der Waals surface area (Å²) in [5.41, 5.74) is 11.9. The molecule has 1 unspecified atom stereocenters. The number of hydrogen-bond acceptors (Lipinski definition) is 4. The second-order valence-electron chi connectivity index (χ2n) is 17.4. The van der Waals surface area contributed by atoms with Crippen molar-refractivity contribution in [3.63, 3.8) is 0 Å². The van der Waals surface area contributed by atoms with Gasteiger partial charge in [-0.25, -0.2) is 4.98 Å². The molecule has 0 N–H and O–H groups in total. The lowest BCUT2D eigenvalue weighted by Crippen LogP contribution is -2.30. The van der Waals surface area contributed by atoms with Crippen LogP contribution in [0.15, 0.2) is 156 Å². The van der Waals surface area contributed by atoms with Crippen molar-refractivity contribution in [2.45, 2.75) is 45.4 Å². The molecule has 59 heavy (non-hydrogen) atoms. The summed E-state index contributed by atoms with van der Waals surface area (Å²) in [5, 5.41) is 6.67. The first-order chi connectivity index (χ1) is 28.7. The van der Waals surface area contributed by atoms with Crippen LogP contribution in [0.25, 0.3) is 100.0 Å². The van der Waals surface area contributed by atoms with Crippen LogP contribution in [0.1, 0.15) is 45.7 Å². The molecule has 0 amide bonds. The van der Waals surface area contributed by atoms with Crippen molar-refractivity contribution in [2.24, 2.45) is 5.92 Å². The molecule has 0 spiro atoms. The smallest absolute Gasteiger partial charge is 0.238 e. The highest BCUT2D eigenvalue weighted by Crippen LogP contribution is 2.54. The number of nitrogens with zero attached hydrogens (tertiary/aromatic N) is 5. The Morgan fingerprint density at radius 2 is 1.08 bits per heavy atom. The van der Waals surface area contributed by atoms with Gasteiger partial charge in [0.25, 0.3) is 0 Å². The monoisotopic (exact) mass is 763 g/mol. The van der Waals surface area contributed by atoms with Gasteiger partial charge in [-0.3, -0.25) is 4.57 Å². The van der Waals surface area contributed by atoms with Gasteiger partial charge in [0.15, 0.2) is 11.6 Å². The zero-order valence-corrected chi connectivity index (χ0v) is 33.7. The quantitative estimate of drug-likeness (QED) is 0.179. The molecule has 0 fully saturated rings. The van der Waals surface area contributed by atoms with E-state index < -0.39 is 0 Å². The molecule has 1 aliphatic rings. The van der Waals surface area contributed by atoms with E-state index in [-0.39, 0.29) is 10.8 Å². The number of furan rings is 1. The molecule has 12 rings (SSSR count). The topological polar surface area (TPSA) is 61.7 Å². The summed E-state index contributed by atoms with van der Waals surface area (Å²) < 4.78 is 11.1. The van der Waals surface area contributed by atoms with Crippen molar-refractivity contribution in [3.05, 3.63) is 163 Å². The Morgan fingerprint density at radius 1 is 0.492 bits per heavy atom. The van der Waals surface area contributed by atoms with E-state index in [0.717, 1.165) is 71.6 Å². The van der Waals surface area contributed by atoms with Crippen LogP contribution in [0.5, 0.6) is 0 Å². The molecule has 1 aliphatic carbocycles. The van der Waals surface area contributed by atoms with Crippen LogP contribution >= 0.6 is 0 Å². The van der Waals surface area contributed by atoms with Gasteiger partial charge in [0.05, 0.1) is 22.1 Å². The lowest BCUT2D eigenvalue weighted by atomic mass is 9.71. The molecule has 1 atom stereocenters. The minimum Gasteiger partial charge on any atom is -0.456 e. The van der Waals surface area contributed by atoms with Crippen LogP contribution < -0.4 is 0 Å². The molecule has 0 bridgehead atoms. The standard InChI is InChI=1S/C53H41N5O/c1-31-52(2,3)40-29-26-33(30-41(40)53(31,4)5)57-42-22-12-9-18-34(42)36-27-28-37-35-19-10-13-23-43(35)58(48(37)47(36)57)51-55-49(32-16-7-6-8-17-32)54-50(56-51)39-21-15-25-45-46(39)38-20-11-14-24-44(38)59-45/h6-31H,1-5H3. The lowest BCUT2D eigenvalue weighted by Gasteiger charge is -2.32. The highest BCUT2D eigenvalue weighted by molar-refractivity contribution is 6.23. The predicted molar refractivity (Wildman–Crippen MR) is 242 cm³/mol. The van der Waals surface area contributed by atoms with E-state index in [1.54, 1.807) is 0 Å². The summed E-state index contributed by atoms with van der Waals surface area (Å²) in [7, 11) is 0. The molecular formula is C53H41N5O. The summed E-state index contributed by atoms with van der Waals surface area (Å²) in [6.07, 6.45) is 0. The van der Waals surface area contributed by atoms with E-state index in [4.69, 9.17) is 19.4 Å². The highest BCUT2D eigenvalue weighted by atomic mass is 16.3. The van der Waals surface area contributed by atoms with Crippen molar-refractivity contribution in [2.75, 3.05) is 0 Å². The van der Waals surface area contributed by atoms with Crippen molar-refractivity contribution in [3.8, 4) is 34.4 Å². The average molecular weight is 764 g/mol. The molecule has 0 saturated heterocycles. The van der Waals surface area contributed by atoms with Gasteiger partial charge in [-0.05, 0) is 64.3 Å². The fourth-order valence-corrected chi connectivity index (χ4v) is 10.4. The van der Waals surface area contributed by atoms with Gasteiger partial charge >= 0.3 is 0 Å². The Morgan fingerprint density at radius 3 is 1.83 bits per heavy atom. The van der Waals surface area contributed by atoms with Crippen molar-refractivity contribution in [1.29, 1.82) is 0 Å². The van der Waals surface area contributed by atoms with Gasteiger partial charge in [-0.2, -0.15) is 9.97 Å². The first kappa shape index (κ1) is 34.0. The highest BCUT2D eigenvalue weighted by Gasteiger charge is 2.48. The van der Waals surface area contributed by atoms with Gasteiger partial charge in [0.1, 0.15) is 11.2 Å². The SMILES string of the molecule is CC1C(C)(C)c2ccc(-n3c4ccccc4c4ccc5c6ccccc6n(-c6nc(-c7ccccc7)nc(-c7cccc8oc9ccccc9c78)n6)c5c43)cc2C1(C)C. The minimum absolute atomic E-state index is 0.0100. The Bertz CT molecular complexity index is 3530. The maximum Gasteiger partial charge on any atom is 0.238 e. The van der Waals surface area contributed by atoms with Crippen LogP contribution in [-0.4, -0.2) is 24.1 Å². The van der Waals surface area contributed by atoms with Crippen LogP contribution in [-0.2, 0) is 10.8 Å². The minimum atomic E-state index is 0.0100. The summed E-state index contributed by atoms with van der Waals surface area (Å²) in [5.74, 6) is 2.23. The Hall–Kier alpha value is -7.05. The van der Waals surface area contributed by atoms with E-state index in [2.05, 4.69) is 147 Å². The maximum absolute atomic E-state index is 6.36. The van der Waals surface area contributed by atoms with E-state index in [1.165, 1.54) is 21.9 Å². The van der Waals surface area contributed by atoms with Crippen molar-refractivity contribution < 1.29 is 4.42 Å². The van der Waals surface area contributed by atoms with Crippen LogP contribution in [0.3, 0.4) is 0 Å². The molecule has 0 aliphatic heterocycles. The van der Waals surface area contributed by atoms with Gasteiger partial charge < -0.3 is 8.98 Å². The molecule has 0 radical (unpaired) electrons. The van der Waals surface area contributed by atoms with Crippen LogP contribution in [0.2, 0.25) is 0 Å². The number of para-hydroxylation sites is 3. The van der Waals surface area contributed by atoms with Crippen molar-refractivity contribution in [1.82, 2.24) is 24.1 Å². The normalized spacial score (nSPS) is 16.0. The van der Waals surface area contributed by atoms with Crippen LogP contribution in [0, 0.1) is 5.92 Å². The van der Waals surface area contributed by atoms with E-state index >= 15 is 0 Å². The average Bonchev–Trinajstić information content (AvgIpc) is 3.96. The number of hydrogen-bond donors (Lipinski definition) is 0. The fourth-order valence-electron chi connectivity index (χ4n) is 10.4. The largest absolute Gasteiger partial charge is 0.456 e. The van der Waals surface area contributed by atoms with E-state index in [0.29, 0.717) is 23.5 Å². The molecule has 6 heteroatoms. The van der Waals surface area contributed by atoms with Crippen molar-refractivity contribution >= 4 is 65.6 Å². The van der Waals surface area contributed by atoms with Crippen LogP contribution in [0.4, 0.5) is 0 Å². The second-order valence-corrected chi connectivity index (χ2v) is 17.4. The Balaban J connectivity index is 1.22. The predicted octanol–water partition coefficient (Wildman–Crippen LogP) is 13.5. The van der Waals surface area contributed by atoms with E-state index in [9.17, 15) is 0 Å². The second kappa shape index (κ2) is 12.0. The lowest BCUT2D eigenvalue weighted by molar-refractivity contribution is 0.264. The third-order valence-electron chi connectivity index (χ3n) is 13.8. The summed E-state index contributed by atoms with van der Waals surface area (Å²) in [6, 6.07) is 53.7. The summed E-state index contributed by atoms with van der Waals surface area (Å²) >= 11 is 0. The fraction of sp³-hybridized carbons (Fsp3) is 0.151. The molecule has 11 aromatic rings. The number of benzene rings is 7. The van der Waals surface area contributed by atoms with Gasteiger partial charge in [-0.1, -0.05) is 150 Å². The van der Waals surface area contributed by atoms with Gasteiger partial charge in [0, 0.05) is 49.1 Å². The third kappa shape index (κ3) is 4.65. The molecule has 7 aromatic carbocycles. The zero-order chi connectivity index (χ0) is 39.8. The number of fused-ring (bicyclic) bond motifs is 11. The molecular weight excluding hydrogens is 723 g/mol. The first-order valence-electron chi connectivity index (χ1n) is 20.5. The summed E-state index contributed by atoms with van der Waals surface area (Å²) in [4.78, 5) is 16.0. The molecule has 6 nitrogen and oxygen atoms in total. The zero-order valence-electron chi connectivity index (χ0n) is 33.7. The number of aromatic nitrogens is 5. The van der Waals surface area contributed by atoms with Gasteiger partial charge in [0.2, 0.25) is 5.95 Å². The Kier molecular flexibility index (Phi) is 6.92. The number of rotatable bonds is 4. The summed E-state index contributed by atoms with van der Waals surface area (Å²) in [6.45, 7) is 12.0. The van der Waals surface area contributed by atoms with Gasteiger partial charge in [-0.15, -0.1) is 0 Å². The molecule has 0 saturated carbocycles. The maximum atomic E-state index is 6.36. The molecule has 4 aromatic heterocycles. The Labute approximate surface area is 341 Å². The molecule has 4 heterocycles.